The van der Waals surface area contributed by atoms with Crippen molar-refractivity contribution in [2.45, 2.75) is 0 Å². The van der Waals surface area contributed by atoms with Gasteiger partial charge in [0.2, 0.25) is 0 Å². The van der Waals surface area contributed by atoms with Crippen LogP contribution in [0.2, 0.25) is 0 Å². The van der Waals surface area contributed by atoms with Gasteiger partial charge in [-0.25, -0.2) is 19.8 Å². The molecule has 356 valence electrons. The average Bonchev–Trinajstić information content (AvgIpc) is 3.88. The summed E-state index contributed by atoms with van der Waals surface area (Å²) >= 11 is 0. The second-order valence-corrected chi connectivity index (χ2v) is 18.7. The molecule has 11 aromatic carbocycles. The lowest BCUT2D eigenvalue weighted by atomic mass is 9.90. The Morgan fingerprint density at radius 1 is 0.316 bits per heavy atom. The fourth-order valence-electron chi connectivity index (χ4n) is 10.4. The van der Waals surface area contributed by atoms with Crippen LogP contribution in [0.25, 0.3) is 111 Å². The molecule has 0 aliphatic heterocycles. The number of benzene rings is 11. The predicted molar refractivity (Wildman–Crippen MR) is 313 cm³/mol. The third-order valence-corrected chi connectivity index (χ3v) is 14.1. The monoisotopic (exact) mass is 970 g/mol. The molecule has 0 unspecified atom stereocenters. The largest absolute Gasteiger partial charge is 0.309 e. The van der Waals surface area contributed by atoms with E-state index < -0.39 is 0 Å². The third-order valence-electron chi connectivity index (χ3n) is 14.1. The Morgan fingerprint density at radius 3 is 1.08 bits per heavy atom. The van der Waals surface area contributed by atoms with Crippen LogP contribution in [-0.2, 0) is 0 Å². The molecule has 0 bridgehead atoms. The average molecular weight is 971 g/mol. The highest BCUT2D eigenvalue weighted by Crippen LogP contribution is 2.49. The highest BCUT2D eigenvalue weighted by molar-refractivity contribution is 6.09. The van der Waals surface area contributed by atoms with Gasteiger partial charge in [-0.05, 0) is 94.0 Å². The van der Waals surface area contributed by atoms with Crippen LogP contribution < -0.4 is 4.90 Å². The number of aromatic nitrogens is 4. The summed E-state index contributed by atoms with van der Waals surface area (Å²) in [4.78, 5) is 21.8. The van der Waals surface area contributed by atoms with E-state index in [0.717, 1.165) is 95.0 Å². The fraction of sp³-hybridized carbons (Fsp3) is 0. The van der Waals surface area contributed by atoms with Gasteiger partial charge in [0.25, 0.3) is 0 Å². The summed E-state index contributed by atoms with van der Waals surface area (Å²) in [6.07, 6.45) is 0. The Balaban J connectivity index is 1.09. The van der Waals surface area contributed by atoms with Gasteiger partial charge in [-0.2, -0.15) is 0 Å². The molecule has 0 aliphatic carbocycles. The molecule has 76 heavy (non-hydrogen) atoms. The van der Waals surface area contributed by atoms with Gasteiger partial charge < -0.3 is 9.47 Å². The lowest BCUT2D eigenvalue weighted by molar-refractivity contribution is 1.07. The normalized spacial score (nSPS) is 11.1. The van der Waals surface area contributed by atoms with Crippen molar-refractivity contribution in [1.82, 2.24) is 19.5 Å². The van der Waals surface area contributed by atoms with Crippen LogP contribution in [0.15, 0.2) is 279 Å². The standard InChI is InChI=1S/C70H46N6/c1-71-57-38-40-58(41-39-57)75(59-42-44-60(45-43-59)76-65-28-16-14-26-61(65)62-27-15-17-29-66(62)76)67-63(52-34-30-50(31-35-52)48-18-6-2-7-19-48)46-56(47-64(67)53-36-32-51(33-37-53)49-20-8-3-9-21-49)70-73-68(54-22-10-4-11-23-54)72-69(74-70)55-24-12-5-13-25-55/h2-47H. The number of anilines is 3. The van der Waals surface area contributed by atoms with Crippen LogP contribution in [0.3, 0.4) is 0 Å². The zero-order valence-corrected chi connectivity index (χ0v) is 41.2. The maximum absolute atomic E-state index is 7.95. The van der Waals surface area contributed by atoms with E-state index in [-0.39, 0.29) is 0 Å². The number of rotatable bonds is 11. The Labute approximate surface area is 441 Å². The highest BCUT2D eigenvalue weighted by Gasteiger charge is 2.26. The van der Waals surface area contributed by atoms with Gasteiger partial charge in [-0.1, -0.05) is 218 Å². The molecule has 0 amide bonds. The fourth-order valence-corrected chi connectivity index (χ4v) is 10.4. The topological polar surface area (TPSA) is 51.2 Å². The molecule has 0 spiro atoms. The van der Waals surface area contributed by atoms with Gasteiger partial charge in [0.05, 0.1) is 23.3 Å². The molecule has 13 aromatic rings. The molecule has 0 atom stereocenters. The summed E-state index contributed by atoms with van der Waals surface area (Å²) in [5.74, 6) is 1.72. The summed E-state index contributed by atoms with van der Waals surface area (Å²) in [5.41, 5.74) is 17.7. The summed E-state index contributed by atoms with van der Waals surface area (Å²) < 4.78 is 2.35. The summed E-state index contributed by atoms with van der Waals surface area (Å²) in [6.45, 7) is 7.95. The first-order valence-corrected chi connectivity index (χ1v) is 25.4. The van der Waals surface area contributed by atoms with E-state index in [9.17, 15) is 0 Å². The van der Waals surface area contributed by atoms with E-state index in [1.807, 2.05) is 84.9 Å². The van der Waals surface area contributed by atoms with Crippen LogP contribution in [-0.4, -0.2) is 19.5 Å². The highest BCUT2D eigenvalue weighted by atomic mass is 15.1. The first-order chi connectivity index (χ1) is 37.6. The minimum absolute atomic E-state index is 0.548. The minimum Gasteiger partial charge on any atom is -0.309 e. The smallest absolute Gasteiger partial charge is 0.187 e. The minimum atomic E-state index is 0.548. The van der Waals surface area contributed by atoms with Gasteiger partial charge in [0.15, 0.2) is 23.2 Å². The lowest BCUT2D eigenvalue weighted by Crippen LogP contribution is -2.13. The molecular weight excluding hydrogens is 925 g/mol. The Kier molecular flexibility index (Phi) is 11.9. The van der Waals surface area contributed by atoms with Crippen molar-refractivity contribution in [3.8, 4) is 84.4 Å². The number of hydrogen-bond donors (Lipinski definition) is 0. The van der Waals surface area contributed by atoms with Crippen molar-refractivity contribution in [2.75, 3.05) is 4.90 Å². The third kappa shape index (κ3) is 8.64. The number of nitrogens with zero attached hydrogens (tertiary/aromatic N) is 6. The zero-order chi connectivity index (χ0) is 50.8. The van der Waals surface area contributed by atoms with E-state index in [1.165, 1.54) is 10.8 Å². The van der Waals surface area contributed by atoms with Crippen molar-refractivity contribution in [3.05, 3.63) is 290 Å². The lowest BCUT2D eigenvalue weighted by Gasteiger charge is -2.31. The first kappa shape index (κ1) is 45.4. The molecule has 13 rings (SSSR count). The van der Waals surface area contributed by atoms with Gasteiger partial charge in [0.1, 0.15) is 0 Å². The second kappa shape index (κ2) is 19.8. The van der Waals surface area contributed by atoms with E-state index >= 15 is 0 Å². The maximum atomic E-state index is 7.95. The molecule has 0 radical (unpaired) electrons. The first-order valence-electron chi connectivity index (χ1n) is 25.4. The van der Waals surface area contributed by atoms with Gasteiger partial charge in [0, 0.05) is 55.7 Å². The van der Waals surface area contributed by atoms with Crippen molar-refractivity contribution >= 4 is 44.6 Å². The summed E-state index contributed by atoms with van der Waals surface area (Å²) in [7, 11) is 0. The Bertz CT molecular complexity index is 4010. The van der Waals surface area contributed by atoms with Gasteiger partial charge in [-0.3, -0.25) is 0 Å². The number of hydrogen-bond acceptors (Lipinski definition) is 4. The summed E-state index contributed by atoms with van der Waals surface area (Å²) in [5, 5.41) is 2.42. The molecule has 0 aliphatic rings. The molecule has 6 heteroatoms. The summed E-state index contributed by atoms with van der Waals surface area (Å²) in [6, 6.07) is 97.3. The van der Waals surface area contributed by atoms with Crippen molar-refractivity contribution in [2.24, 2.45) is 0 Å². The van der Waals surface area contributed by atoms with Crippen LogP contribution in [0.4, 0.5) is 22.7 Å². The molecule has 2 heterocycles. The van der Waals surface area contributed by atoms with Crippen LogP contribution in [0.5, 0.6) is 0 Å². The van der Waals surface area contributed by atoms with Crippen molar-refractivity contribution in [1.29, 1.82) is 0 Å². The number of para-hydroxylation sites is 2. The van der Waals surface area contributed by atoms with E-state index in [0.29, 0.717) is 23.2 Å². The van der Waals surface area contributed by atoms with Gasteiger partial charge >= 0.3 is 0 Å². The molecule has 0 saturated heterocycles. The van der Waals surface area contributed by atoms with E-state index in [4.69, 9.17) is 21.5 Å². The Morgan fingerprint density at radius 2 is 0.658 bits per heavy atom. The molecule has 0 N–H and O–H groups in total. The van der Waals surface area contributed by atoms with Gasteiger partial charge in [-0.15, -0.1) is 0 Å². The van der Waals surface area contributed by atoms with Crippen LogP contribution in [0, 0.1) is 6.57 Å². The maximum Gasteiger partial charge on any atom is 0.187 e. The molecule has 6 nitrogen and oxygen atoms in total. The van der Waals surface area contributed by atoms with E-state index in [1.54, 1.807) is 0 Å². The molecule has 0 saturated carbocycles. The zero-order valence-electron chi connectivity index (χ0n) is 41.2. The predicted octanol–water partition coefficient (Wildman–Crippen LogP) is 18.7. The van der Waals surface area contributed by atoms with Crippen molar-refractivity contribution in [3.63, 3.8) is 0 Å². The molecule has 2 aromatic heterocycles. The Hall–Kier alpha value is -10.5. The van der Waals surface area contributed by atoms with Crippen LogP contribution >= 0.6 is 0 Å². The SMILES string of the molecule is [C-]#[N+]c1ccc(N(c2ccc(-n3c4ccccc4c4ccccc43)cc2)c2c(-c3ccc(-c4ccccc4)cc3)cc(-c3nc(-c4ccccc4)nc(-c4ccccc4)n3)cc2-c2ccc(-c3ccccc3)cc2)cc1. The van der Waals surface area contributed by atoms with Crippen molar-refractivity contribution < 1.29 is 0 Å². The molecule has 0 fully saturated rings. The quantitative estimate of drug-likeness (QED) is 0.121. The number of fused-ring (bicyclic) bond motifs is 3. The second-order valence-electron chi connectivity index (χ2n) is 18.7. The van der Waals surface area contributed by atoms with E-state index in [2.05, 4.69) is 208 Å². The van der Waals surface area contributed by atoms with Crippen LogP contribution in [0.1, 0.15) is 0 Å². The molecular formula is C70H46N6.